The molecule has 3 N–H and O–H groups in total. The van der Waals surface area contributed by atoms with Gasteiger partial charge in [-0.1, -0.05) is 53.5 Å². The van der Waals surface area contributed by atoms with Crippen molar-refractivity contribution in [2.75, 3.05) is 11.9 Å². The number of ether oxygens (including phenoxy) is 1. The maximum absolute atomic E-state index is 12.0. The molecular formula is C20H25Cl3N2O3. The van der Waals surface area contributed by atoms with Crippen molar-refractivity contribution in [2.24, 2.45) is 0 Å². The lowest BCUT2D eigenvalue weighted by Gasteiger charge is -2.23. The van der Waals surface area contributed by atoms with Gasteiger partial charge in [-0.25, -0.2) is 4.79 Å². The Morgan fingerprint density at radius 2 is 1.71 bits per heavy atom. The van der Waals surface area contributed by atoms with Crippen molar-refractivity contribution in [3.05, 3.63) is 63.6 Å². The van der Waals surface area contributed by atoms with Gasteiger partial charge in [-0.05, 0) is 44.0 Å². The summed E-state index contributed by atoms with van der Waals surface area (Å²) < 4.78 is 5.17. The number of nitrogens with one attached hydrogen (secondary N) is 2. The lowest BCUT2D eigenvalue weighted by Crippen LogP contribution is -2.38. The van der Waals surface area contributed by atoms with Gasteiger partial charge in [0.2, 0.25) is 0 Å². The average molecular weight is 448 g/mol. The van der Waals surface area contributed by atoms with E-state index >= 15 is 0 Å². The molecule has 0 saturated carbocycles. The summed E-state index contributed by atoms with van der Waals surface area (Å²) >= 11 is 12.5. The predicted molar refractivity (Wildman–Crippen MR) is 117 cm³/mol. The summed E-state index contributed by atoms with van der Waals surface area (Å²) in [4.78, 5) is 12.0. The maximum Gasteiger partial charge on any atom is 0.412 e. The number of aliphatic hydroxyl groups excluding tert-OH is 1. The molecule has 8 heteroatoms. The van der Waals surface area contributed by atoms with E-state index in [9.17, 15) is 9.90 Å². The van der Waals surface area contributed by atoms with E-state index in [0.29, 0.717) is 12.1 Å². The SMILES string of the molecule is CC(C)(C)NCC(O)c1cc(Cl)c(NC(=O)OCc2ccccc2)c(Cl)c1.Cl. The van der Waals surface area contributed by atoms with E-state index in [1.54, 1.807) is 12.1 Å². The van der Waals surface area contributed by atoms with Gasteiger partial charge in [0.15, 0.2) is 0 Å². The topological polar surface area (TPSA) is 70.6 Å². The van der Waals surface area contributed by atoms with Crippen LogP contribution < -0.4 is 10.6 Å². The number of benzene rings is 2. The Balaban J connectivity index is 0.00000392. The third-order valence-corrected chi connectivity index (χ3v) is 4.31. The van der Waals surface area contributed by atoms with Gasteiger partial charge in [-0.3, -0.25) is 5.32 Å². The molecule has 2 rings (SSSR count). The molecule has 0 bridgehead atoms. The lowest BCUT2D eigenvalue weighted by atomic mass is 10.1. The fourth-order valence-electron chi connectivity index (χ4n) is 2.29. The quantitative estimate of drug-likeness (QED) is 0.540. The Bertz CT molecular complexity index is 757. The first-order valence-corrected chi connectivity index (χ1v) is 9.31. The molecule has 1 amide bonds. The molecule has 2 aromatic rings. The molecule has 5 nitrogen and oxygen atoms in total. The minimum Gasteiger partial charge on any atom is -0.444 e. The van der Waals surface area contributed by atoms with E-state index in [-0.39, 0.29) is 40.3 Å². The number of halogens is 3. The summed E-state index contributed by atoms with van der Waals surface area (Å²) in [5.41, 5.74) is 1.55. The number of hydrogen-bond acceptors (Lipinski definition) is 4. The second kappa shape index (κ2) is 10.9. The molecule has 154 valence electrons. The molecule has 0 aliphatic heterocycles. The van der Waals surface area contributed by atoms with Crippen molar-refractivity contribution in [3.8, 4) is 0 Å². The monoisotopic (exact) mass is 446 g/mol. The summed E-state index contributed by atoms with van der Waals surface area (Å²) in [7, 11) is 0. The van der Waals surface area contributed by atoms with Gasteiger partial charge in [-0.2, -0.15) is 0 Å². The molecule has 0 aromatic heterocycles. The number of carbonyl (C=O) groups excluding carboxylic acids is 1. The molecule has 0 aliphatic carbocycles. The second-order valence-corrected chi connectivity index (χ2v) is 8.01. The number of anilines is 1. The molecule has 1 unspecified atom stereocenters. The predicted octanol–water partition coefficient (Wildman–Crippen LogP) is 5.59. The highest BCUT2D eigenvalue weighted by Crippen LogP contribution is 2.34. The molecule has 0 fully saturated rings. The Morgan fingerprint density at radius 3 is 2.25 bits per heavy atom. The van der Waals surface area contributed by atoms with Crippen molar-refractivity contribution >= 4 is 47.4 Å². The van der Waals surface area contributed by atoms with Crippen molar-refractivity contribution in [3.63, 3.8) is 0 Å². The summed E-state index contributed by atoms with van der Waals surface area (Å²) in [5.74, 6) is 0. The van der Waals surface area contributed by atoms with E-state index in [1.165, 1.54) is 0 Å². The molecule has 1 atom stereocenters. The third-order valence-electron chi connectivity index (χ3n) is 3.71. The molecule has 2 aromatic carbocycles. The fourth-order valence-corrected chi connectivity index (χ4v) is 2.88. The van der Waals surface area contributed by atoms with Gasteiger partial charge in [0.25, 0.3) is 0 Å². The van der Waals surface area contributed by atoms with Crippen LogP contribution in [0.2, 0.25) is 10.0 Å². The van der Waals surface area contributed by atoms with E-state index in [2.05, 4.69) is 10.6 Å². The maximum atomic E-state index is 12.0. The van der Waals surface area contributed by atoms with Crippen LogP contribution in [-0.4, -0.2) is 23.3 Å². The highest BCUT2D eigenvalue weighted by molar-refractivity contribution is 6.39. The normalized spacial score (nSPS) is 12.1. The smallest absolute Gasteiger partial charge is 0.412 e. The van der Waals surface area contributed by atoms with Crippen molar-refractivity contribution in [2.45, 2.75) is 39.0 Å². The van der Waals surface area contributed by atoms with Gasteiger partial charge in [-0.15, -0.1) is 12.4 Å². The van der Waals surface area contributed by atoms with Crippen LogP contribution in [0.1, 0.15) is 38.0 Å². The highest BCUT2D eigenvalue weighted by atomic mass is 35.5. The van der Waals surface area contributed by atoms with Gasteiger partial charge in [0.1, 0.15) is 6.61 Å². The molecular weight excluding hydrogens is 423 g/mol. The number of carbonyl (C=O) groups is 1. The number of rotatable bonds is 6. The van der Waals surface area contributed by atoms with Crippen LogP contribution in [0.15, 0.2) is 42.5 Å². The Hall–Kier alpha value is -1.50. The summed E-state index contributed by atoms with van der Waals surface area (Å²) in [6.07, 6.45) is -1.44. The Labute approximate surface area is 181 Å². The van der Waals surface area contributed by atoms with Crippen molar-refractivity contribution in [1.29, 1.82) is 0 Å². The standard InChI is InChI=1S/C20H24Cl2N2O3.ClH/c1-20(2,3)23-11-17(25)14-9-15(21)18(16(22)10-14)24-19(26)27-12-13-7-5-4-6-8-13;/h4-10,17,23,25H,11-12H2,1-3H3,(H,24,26);1H. The molecule has 0 radical (unpaired) electrons. The first kappa shape index (κ1) is 24.5. The van der Waals surface area contributed by atoms with E-state index < -0.39 is 12.2 Å². The minimum absolute atomic E-state index is 0. The zero-order chi connectivity index (χ0) is 20.0. The number of amides is 1. The number of hydrogen-bond donors (Lipinski definition) is 3. The summed E-state index contributed by atoms with van der Waals surface area (Å²) in [5, 5.41) is 16.5. The van der Waals surface area contributed by atoms with Gasteiger partial charge in [0.05, 0.1) is 21.8 Å². The Kier molecular flexibility index (Phi) is 9.54. The largest absolute Gasteiger partial charge is 0.444 e. The summed E-state index contributed by atoms with van der Waals surface area (Å²) in [6.45, 7) is 6.51. The number of β-amino-alcohol motifs (C(OH)–C–C–N with tert-alkyl or cyclic N) is 1. The van der Waals surface area contributed by atoms with E-state index in [4.69, 9.17) is 27.9 Å². The van der Waals surface area contributed by atoms with Crippen molar-refractivity contribution < 1.29 is 14.6 Å². The van der Waals surface area contributed by atoms with Crippen LogP contribution in [0.25, 0.3) is 0 Å². The van der Waals surface area contributed by atoms with E-state index in [1.807, 2.05) is 51.1 Å². The minimum atomic E-state index is -0.779. The average Bonchev–Trinajstić information content (AvgIpc) is 2.61. The molecule has 0 saturated heterocycles. The van der Waals surface area contributed by atoms with Gasteiger partial charge < -0.3 is 15.2 Å². The fraction of sp³-hybridized carbons (Fsp3) is 0.350. The first-order chi connectivity index (χ1) is 12.7. The van der Waals surface area contributed by atoms with Crippen LogP contribution in [0.5, 0.6) is 0 Å². The molecule has 0 aliphatic rings. The lowest BCUT2D eigenvalue weighted by molar-refractivity contribution is 0.155. The van der Waals surface area contributed by atoms with Crippen LogP contribution in [0, 0.1) is 0 Å². The van der Waals surface area contributed by atoms with Gasteiger partial charge >= 0.3 is 6.09 Å². The third kappa shape index (κ3) is 7.86. The van der Waals surface area contributed by atoms with Crippen LogP contribution in [-0.2, 0) is 11.3 Å². The van der Waals surface area contributed by atoms with Crippen molar-refractivity contribution in [1.82, 2.24) is 5.32 Å². The second-order valence-electron chi connectivity index (χ2n) is 7.19. The zero-order valence-corrected chi connectivity index (χ0v) is 18.3. The Morgan fingerprint density at radius 1 is 1.14 bits per heavy atom. The number of aliphatic hydroxyl groups is 1. The molecule has 0 spiro atoms. The summed E-state index contributed by atoms with van der Waals surface area (Å²) in [6, 6.07) is 12.5. The molecule has 0 heterocycles. The van der Waals surface area contributed by atoms with E-state index in [0.717, 1.165) is 5.56 Å². The first-order valence-electron chi connectivity index (χ1n) is 8.55. The van der Waals surface area contributed by atoms with Crippen LogP contribution >= 0.6 is 35.6 Å². The van der Waals surface area contributed by atoms with Crippen LogP contribution in [0.3, 0.4) is 0 Å². The van der Waals surface area contributed by atoms with Crippen LogP contribution in [0.4, 0.5) is 10.5 Å². The highest BCUT2D eigenvalue weighted by Gasteiger charge is 2.18. The van der Waals surface area contributed by atoms with Gasteiger partial charge in [0, 0.05) is 12.1 Å². The molecule has 28 heavy (non-hydrogen) atoms. The zero-order valence-electron chi connectivity index (χ0n) is 16.0.